The summed E-state index contributed by atoms with van der Waals surface area (Å²) in [6, 6.07) is 13.6. The number of carbonyl (C=O) groups is 1. The van der Waals surface area contributed by atoms with E-state index in [0.29, 0.717) is 6.54 Å². The number of nitrogens with zero attached hydrogens (tertiary/aromatic N) is 3. The van der Waals surface area contributed by atoms with Gasteiger partial charge in [0.25, 0.3) is 0 Å². The number of hydrogen-bond acceptors (Lipinski definition) is 3. The first-order valence-corrected chi connectivity index (χ1v) is 8.86. The summed E-state index contributed by atoms with van der Waals surface area (Å²) >= 11 is 0. The number of rotatable bonds is 5. The van der Waals surface area contributed by atoms with Crippen LogP contribution in [-0.2, 0) is 11.3 Å². The monoisotopic (exact) mass is 350 g/mol. The molecule has 1 aromatic heterocycles. The van der Waals surface area contributed by atoms with Gasteiger partial charge in [-0.2, -0.15) is 0 Å². The first-order valence-electron chi connectivity index (χ1n) is 8.86. The lowest BCUT2D eigenvalue weighted by atomic mass is 10.1. The molecule has 136 valence electrons. The molecule has 1 N–H and O–H groups in total. The van der Waals surface area contributed by atoms with Gasteiger partial charge in [0.1, 0.15) is 11.9 Å². The molecule has 0 saturated heterocycles. The predicted octanol–water partition coefficient (Wildman–Crippen LogP) is 3.91. The van der Waals surface area contributed by atoms with E-state index in [9.17, 15) is 4.79 Å². The van der Waals surface area contributed by atoms with Gasteiger partial charge >= 0.3 is 0 Å². The van der Waals surface area contributed by atoms with Gasteiger partial charge in [-0.05, 0) is 64.2 Å². The van der Waals surface area contributed by atoms with Gasteiger partial charge in [0.05, 0.1) is 17.6 Å². The lowest BCUT2D eigenvalue weighted by Crippen LogP contribution is -2.27. The molecule has 0 aliphatic heterocycles. The smallest absolute Gasteiger partial charge is 0.247 e. The molecule has 0 radical (unpaired) electrons. The van der Waals surface area contributed by atoms with Crippen LogP contribution in [0.2, 0.25) is 0 Å². The zero-order valence-electron chi connectivity index (χ0n) is 16.1. The third-order valence-electron chi connectivity index (χ3n) is 4.76. The number of fused-ring (bicyclic) bond motifs is 1. The van der Waals surface area contributed by atoms with Crippen LogP contribution in [0.15, 0.2) is 42.5 Å². The second-order valence-electron chi connectivity index (χ2n) is 7.04. The van der Waals surface area contributed by atoms with Gasteiger partial charge in [-0.15, -0.1) is 0 Å². The highest BCUT2D eigenvalue weighted by molar-refractivity contribution is 5.95. The maximum Gasteiger partial charge on any atom is 0.247 e. The number of carbonyl (C=O) groups excluding carboxylic acids is 1. The molecule has 26 heavy (non-hydrogen) atoms. The van der Waals surface area contributed by atoms with Crippen molar-refractivity contribution in [1.82, 2.24) is 14.5 Å². The Morgan fingerprint density at radius 1 is 1.15 bits per heavy atom. The molecular formula is C21H26N4O. The fourth-order valence-electron chi connectivity index (χ4n) is 3.16. The number of amides is 1. The second kappa shape index (κ2) is 7.30. The van der Waals surface area contributed by atoms with Gasteiger partial charge in [0, 0.05) is 5.69 Å². The fraction of sp³-hybridized carbons (Fsp3) is 0.333. The summed E-state index contributed by atoms with van der Waals surface area (Å²) in [5.74, 6) is 0.849. The highest BCUT2D eigenvalue weighted by Crippen LogP contribution is 2.24. The van der Waals surface area contributed by atoms with Crippen LogP contribution in [0.1, 0.15) is 29.9 Å². The van der Waals surface area contributed by atoms with Crippen LogP contribution in [-0.4, -0.2) is 34.5 Å². The maximum absolute atomic E-state index is 13.0. The highest BCUT2D eigenvalue weighted by atomic mass is 16.2. The molecule has 1 heterocycles. The molecule has 3 rings (SSSR count). The van der Waals surface area contributed by atoms with Gasteiger partial charge in [-0.3, -0.25) is 4.79 Å². The molecule has 0 fully saturated rings. The first kappa shape index (κ1) is 18.1. The van der Waals surface area contributed by atoms with Crippen LogP contribution in [0.4, 0.5) is 5.69 Å². The Balaban J connectivity index is 1.97. The van der Waals surface area contributed by atoms with E-state index in [0.717, 1.165) is 33.7 Å². The molecule has 5 heteroatoms. The average molecular weight is 350 g/mol. The Morgan fingerprint density at radius 3 is 2.62 bits per heavy atom. The summed E-state index contributed by atoms with van der Waals surface area (Å²) in [5.41, 5.74) is 5.01. The molecule has 0 spiro atoms. The maximum atomic E-state index is 13.0. The first-order chi connectivity index (χ1) is 12.4. The lowest BCUT2D eigenvalue weighted by Gasteiger charge is -2.20. The SMILES string of the molecule is Cc1cccc(NC(=O)C(C)n2c(CN(C)C)nc3ccccc32)c1C. The molecule has 1 amide bonds. The van der Waals surface area contributed by atoms with Crippen molar-refractivity contribution in [1.29, 1.82) is 0 Å². The summed E-state index contributed by atoms with van der Waals surface area (Å²) in [7, 11) is 4.01. The van der Waals surface area contributed by atoms with Gasteiger partial charge < -0.3 is 14.8 Å². The van der Waals surface area contributed by atoms with Crippen LogP contribution in [0.25, 0.3) is 11.0 Å². The minimum absolute atomic E-state index is 0.0399. The highest BCUT2D eigenvalue weighted by Gasteiger charge is 2.22. The van der Waals surface area contributed by atoms with Crippen molar-refractivity contribution in [3.63, 3.8) is 0 Å². The largest absolute Gasteiger partial charge is 0.324 e. The Labute approximate surface area is 154 Å². The average Bonchev–Trinajstić information content (AvgIpc) is 2.95. The lowest BCUT2D eigenvalue weighted by molar-refractivity contribution is -0.118. The number of imidazole rings is 1. The van der Waals surface area contributed by atoms with Crippen LogP contribution in [0.3, 0.4) is 0 Å². The molecular weight excluding hydrogens is 324 g/mol. The van der Waals surface area contributed by atoms with Crippen LogP contribution < -0.4 is 5.32 Å². The molecule has 1 atom stereocenters. The number of hydrogen-bond donors (Lipinski definition) is 1. The third-order valence-corrected chi connectivity index (χ3v) is 4.76. The number of anilines is 1. The van der Waals surface area contributed by atoms with Crippen molar-refractivity contribution in [2.24, 2.45) is 0 Å². The van der Waals surface area contributed by atoms with E-state index in [1.54, 1.807) is 0 Å². The van der Waals surface area contributed by atoms with Gasteiger partial charge in [0.15, 0.2) is 0 Å². The normalized spacial score (nSPS) is 12.5. The number of aromatic nitrogens is 2. The summed E-state index contributed by atoms with van der Waals surface area (Å²) < 4.78 is 2.04. The van der Waals surface area contributed by atoms with E-state index in [2.05, 4.69) is 10.2 Å². The quantitative estimate of drug-likeness (QED) is 0.759. The second-order valence-corrected chi connectivity index (χ2v) is 7.04. The number of aryl methyl sites for hydroxylation is 1. The summed E-state index contributed by atoms with van der Waals surface area (Å²) in [6.45, 7) is 6.68. The summed E-state index contributed by atoms with van der Waals surface area (Å²) in [4.78, 5) is 19.8. The molecule has 1 unspecified atom stereocenters. The van der Waals surface area contributed by atoms with Crippen LogP contribution >= 0.6 is 0 Å². The van der Waals surface area contributed by atoms with E-state index in [4.69, 9.17) is 4.98 Å². The Hall–Kier alpha value is -2.66. The Kier molecular flexibility index (Phi) is 5.09. The minimum Gasteiger partial charge on any atom is -0.324 e. The Morgan fingerprint density at radius 2 is 1.88 bits per heavy atom. The molecule has 0 aliphatic rings. The van der Waals surface area contributed by atoms with Crippen molar-refractivity contribution in [2.75, 3.05) is 19.4 Å². The van der Waals surface area contributed by atoms with Gasteiger partial charge in [-0.25, -0.2) is 4.98 Å². The molecule has 3 aromatic rings. The topological polar surface area (TPSA) is 50.2 Å². The number of para-hydroxylation sites is 2. The van der Waals surface area contributed by atoms with E-state index in [1.165, 1.54) is 0 Å². The zero-order chi connectivity index (χ0) is 18.8. The zero-order valence-corrected chi connectivity index (χ0v) is 16.1. The van der Waals surface area contributed by atoms with Crippen molar-refractivity contribution in [3.05, 3.63) is 59.4 Å². The minimum atomic E-state index is -0.364. The summed E-state index contributed by atoms with van der Waals surface area (Å²) in [5, 5.41) is 3.08. The third kappa shape index (κ3) is 3.48. The Bertz CT molecular complexity index is 942. The van der Waals surface area contributed by atoms with Crippen molar-refractivity contribution in [3.8, 4) is 0 Å². The van der Waals surface area contributed by atoms with Gasteiger partial charge in [-0.1, -0.05) is 24.3 Å². The van der Waals surface area contributed by atoms with Crippen molar-refractivity contribution in [2.45, 2.75) is 33.4 Å². The van der Waals surface area contributed by atoms with E-state index < -0.39 is 0 Å². The predicted molar refractivity (Wildman–Crippen MR) is 106 cm³/mol. The summed E-state index contributed by atoms with van der Waals surface area (Å²) in [6.07, 6.45) is 0. The van der Waals surface area contributed by atoms with E-state index >= 15 is 0 Å². The fourth-order valence-corrected chi connectivity index (χ4v) is 3.16. The molecule has 0 aliphatic carbocycles. The standard InChI is InChI=1S/C21H26N4O/c1-14-9-8-11-17(15(14)2)23-21(26)16(3)25-19-12-7-6-10-18(19)22-20(25)13-24(4)5/h6-12,16H,13H2,1-5H3,(H,23,26). The van der Waals surface area contributed by atoms with Crippen molar-refractivity contribution >= 4 is 22.6 Å². The molecule has 0 saturated carbocycles. The number of benzene rings is 2. The molecule has 2 aromatic carbocycles. The van der Waals surface area contributed by atoms with Crippen LogP contribution in [0, 0.1) is 13.8 Å². The van der Waals surface area contributed by atoms with E-state index in [-0.39, 0.29) is 11.9 Å². The number of nitrogens with one attached hydrogen (secondary N) is 1. The molecule has 5 nitrogen and oxygen atoms in total. The molecule has 0 bridgehead atoms. The van der Waals surface area contributed by atoms with Gasteiger partial charge in [0.2, 0.25) is 5.91 Å². The van der Waals surface area contributed by atoms with Crippen LogP contribution in [0.5, 0.6) is 0 Å². The van der Waals surface area contributed by atoms with Crippen molar-refractivity contribution < 1.29 is 4.79 Å². The van der Waals surface area contributed by atoms with E-state index in [1.807, 2.05) is 81.9 Å².